The van der Waals surface area contributed by atoms with Crippen LogP contribution in [0.25, 0.3) is 21.8 Å². The first-order chi connectivity index (χ1) is 9.10. The van der Waals surface area contributed by atoms with Gasteiger partial charge < -0.3 is 9.40 Å². The van der Waals surface area contributed by atoms with Gasteiger partial charge in [-0.3, -0.25) is 4.79 Å². The summed E-state index contributed by atoms with van der Waals surface area (Å²) in [5, 5.41) is 0.719. The first kappa shape index (κ1) is 12.2. The van der Waals surface area contributed by atoms with Crippen LogP contribution in [0.5, 0.6) is 0 Å². The van der Waals surface area contributed by atoms with Gasteiger partial charge in [0, 0.05) is 4.88 Å². The summed E-state index contributed by atoms with van der Waals surface area (Å²) < 4.78 is 5.51. The summed E-state index contributed by atoms with van der Waals surface area (Å²) in [6.07, 6.45) is 0.843. The third-order valence-electron chi connectivity index (χ3n) is 3.19. The lowest BCUT2D eigenvalue weighted by atomic mass is 10.1. The van der Waals surface area contributed by atoms with Crippen molar-refractivity contribution in [3.63, 3.8) is 0 Å². The summed E-state index contributed by atoms with van der Waals surface area (Å²) >= 11 is 1.56. The van der Waals surface area contributed by atoms with Gasteiger partial charge in [-0.1, -0.05) is 6.92 Å². The highest BCUT2D eigenvalue weighted by Crippen LogP contribution is 2.28. The average Bonchev–Trinajstić information content (AvgIpc) is 2.92. The third-order valence-corrected chi connectivity index (χ3v) is 4.23. The summed E-state index contributed by atoms with van der Waals surface area (Å²) in [6.45, 7) is 5.95. The number of fused-ring (bicyclic) bond motifs is 1. The molecule has 0 saturated carbocycles. The molecular weight excluding hydrogens is 260 g/mol. The molecule has 0 aromatic carbocycles. The summed E-state index contributed by atoms with van der Waals surface area (Å²) in [6, 6.07) is 3.68. The molecule has 0 amide bonds. The van der Waals surface area contributed by atoms with E-state index in [-0.39, 0.29) is 5.56 Å². The highest BCUT2D eigenvalue weighted by molar-refractivity contribution is 7.18. The second-order valence-electron chi connectivity index (χ2n) is 4.50. The molecule has 98 valence electrons. The summed E-state index contributed by atoms with van der Waals surface area (Å²) in [5.41, 5.74) is 1.01. The molecule has 0 aliphatic heterocycles. The van der Waals surface area contributed by atoms with Crippen molar-refractivity contribution in [2.45, 2.75) is 27.2 Å². The van der Waals surface area contributed by atoms with Crippen LogP contribution in [-0.2, 0) is 6.42 Å². The Kier molecular flexibility index (Phi) is 2.78. The Morgan fingerprint density at radius 2 is 2.16 bits per heavy atom. The number of rotatable bonds is 2. The molecular formula is C14H14N2O2S. The van der Waals surface area contributed by atoms with E-state index in [1.165, 1.54) is 0 Å². The van der Waals surface area contributed by atoms with E-state index >= 15 is 0 Å². The molecule has 1 N–H and O–H groups in total. The fraction of sp³-hybridized carbons (Fsp3) is 0.286. The maximum Gasteiger partial charge on any atom is 0.260 e. The Balaban J connectivity index is 2.29. The highest BCUT2D eigenvalue weighted by atomic mass is 32.1. The van der Waals surface area contributed by atoms with E-state index in [4.69, 9.17) is 4.42 Å². The monoisotopic (exact) mass is 274 g/mol. The average molecular weight is 274 g/mol. The van der Waals surface area contributed by atoms with Crippen molar-refractivity contribution in [2.75, 3.05) is 0 Å². The van der Waals surface area contributed by atoms with Crippen LogP contribution >= 0.6 is 11.3 Å². The van der Waals surface area contributed by atoms with Crippen LogP contribution in [0.4, 0.5) is 0 Å². The molecule has 5 heteroatoms. The molecule has 0 aliphatic carbocycles. The van der Waals surface area contributed by atoms with E-state index in [0.29, 0.717) is 11.6 Å². The maximum absolute atomic E-state index is 12.2. The zero-order chi connectivity index (χ0) is 13.6. The molecule has 0 radical (unpaired) electrons. The standard InChI is InChI=1S/C14H14N2O2S/c1-4-9-8(3)19-14-11(9)13(17)15-12(16-14)10-6-5-7(2)18-10/h5-6H,4H2,1-3H3,(H,15,16,17). The Hall–Kier alpha value is -1.88. The van der Waals surface area contributed by atoms with E-state index in [9.17, 15) is 4.79 Å². The zero-order valence-electron chi connectivity index (χ0n) is 11.0. The van der Waals surface area contributed by atoms with Gasteiger partial charge in [-0.15, -0.1) is 11.3 Å². The first-order valence-electron chi connectivity index (χ1n) is 6.19. The van der Waals surface area contributed by atoms with Crippen molar-refractivity contribution >= 4 is 21.6 Å². The minimum absolute atomic E-state index is 0.0877. The number of aromatic nitrogens is 2. The maximum atomic E-state index is 12.2. The number of furan rings is 1. The van der Waals surface area contributed by atoms with Crippen molar-refractivity contribution in [3.8, 4) is 11.6 Å². The number of thiophene rings is 1. The Morgan fingerprint density at radius 1 is 1.37 bits per heavy atom. The molecule has 4 nitrogen and oxygen atoms in total. The van der Waals surface area contributed by atoms with Gasteiger partial charge in [-0.2, -0.15) is 0 Å². The number of hydrogen-bond donors (Lipinski definition) is 1. The fourth-order valence-electron chi connectivity index (χ4n) is 2.28. The smallest absolute Gasteiger partial charge is 0.260 e. The lowest BCUT2D eigenvalue weighted by Crippen LogP contribution is -2.09. The van der Waals surface area contributed by atoms with Crippen molar-refractivity contribution in [3.05, 3.63) is 38.7 Å². The molecule has 0 fully saturated rings. The van der Waals surface area contributed by atoms with Crippen molar-refractivity contribution in [1.29, 1.82) is 0 Å². The molecule has 0 aliphatic rings. The lowest BCUT2D eigenvalue weighted by molar-refractivity contribution is 0.544. The molecule has 3 aromatic rings. The van der Waals surface area contributed by atoms with Gasteiger partial charge >= 0.3 is 0 Å². The van der Waals surface area contributed by atoms with Crippen LogP contribution < -0.4 is 5.56 Å². The summed E-state index contributed by atoms with van der Waals surface area (Å²) in [7, 11) is 0. The van der Waals surface area contributed by atoms with E-state index < -0.39 is 0 Å². The SMILES string of the molecule is CCc1c(C)sc2nc(-c3ccc(C)o3)[nH]c(=O)c12. The van der Waals surface area contributed by atoms with Gasteiger partial charge in [-0.05, 0) is 38.0 Å². The zero-order valence-corrected chi connectivity index (χ0v) is 11.9. The summed E-state index contributed by atoms with van der Waals surface area (Å²) in [5.74, 6) is 1.89. The quantitative estimate of drug-likeness (QED) is 0.779. The first-order valence-corrected chi connectivity index (χ1v) is 7.01. The lowest BCUT2D eigenvalue weighted by Gasteiger charge is -1.98. The molecule has 3 rings (SSSR count). The number of aromatic amines is 1. The van der Waals surface area contributed by atoms with E-state index in [1.54, 1.807) is 11.3 Å². The van der Waals surface area contributed by atoms with Crippen LogP contribution in [0.3, 0.4) is 0 Å². The predicted octanol–water partition coefficient (Wildman–Crippen LogP) is 3.42. The second-order valence-corrected chi connectivity index (χ2v) is 5.70. The van der Waals surface area contributed by atoms with Gasteiger partial charge in [0.1, 0.15) is 10.6 Å². The van der Waals surface area contributed by atoms with Gasteiger partial charge in [0.2, 0.25) is 0 Å². The van der Waals surface area contributed by atoms with Gasteiger partial charge in [0.15, 0.2) is 11.6 Å². The van der Waals surface area contributed by atoms with Crippen LogP contribution in [0, 0.1) is 13.8 Å². The van der Waals surface area contributed by atoms with Crippen LogP contribution in [0.2, 0.25) is 0 Å². The fourth-order valence-corrected chi connectivity index (χ4v) is 3.39. The topological polar surface area (TPSA) is 58.9 Å². The number of nitrogens with zero attached hydrogens (tertiary/aromatic N) is 1. The van der Waals surface area contributed by atoms with E-state index in [1.807, 2.05) is 26.0 Å². The highest BCUT2D eigenvalue weighted by Gasteiger charge is 2.15. The number of H-pyrrole nitrogens is 1. The minimum atomic E-state index is -0.0877. The normalized spacial score (nSPS) is 11.3. The van der Waals surface area contributed by atoms with Crippen molar-refractivity contribution < 1.29 is 4.42 Å². The van der Waals surface area contributed by atoms with Gasteiger partial charge in [0.05, 0.1) is 5.39 Å². The molecule has 19 heavy (non-hydrogen) atoms. The van der Waals surface area contributed by atoms with E-state index in [0.717, 1.165) is 32.8 Å². The predicted molar refractivity (Wildman–Crippen MR) is 76.8 cm³/mol. The third kappa shape index (κ3) is 1.90. The number of aryl methyl sites for hydroxylation is 3. The largest absolute Gasteiger partial charge is 0.458 e. The summed E-state index contributed by atoms with van der Waals surface area (Å²) in [4.78, 5) is 21.5. The van der Waals surface area contributed by atoms with Crippen LogP contribution in [0.15, 0.2) is 21.3 Å². The molecule has 3 aromatic heterocycles. The number of nitrogens with one attached hydrogen (secondary N) is 1. The van der Waals surface area contributed by atoms with Crippen LogP contribution in [-0.4, -0.2) is 9.97 Å². The Labute approximate surface area is 114 Å². The molecule has 0 saturated heterocycles. The van der Waals surface area contributed by atoms with Gasteiger partial charge in [0.25, 0.3) is 5.56 Å². The van der Waals surface area contributed by atoms with Gasteiger partial charge in [-0.25, -0.2) is 4.98 Å². The molecule has 0 unspecified atom stereocenters. The Bertz CT molecular complexity index is 811. The minimum Gasteiger partial charge on any atom is -0.458 e. The van der Waals surface area contributed by atoms with Crippen molar-refractivity contribution in [2.24, 2.45) is 0 Å². The van der Waals surface area contributed by atoms with Crippen molar-refractivity contribution in [1.82, 2.24) is 9.97 Å². The molecule has 0 atom stereocenters. The molecule has 0 spiro atoms. The number of hydrogen-bond acceptors (Lipinski definition) is 4. The molecule has 0 bridgehead atoms. The second kappa shape index (κ2) is 4.35. The molecule has 3 heterocycles. The van der Waals surface area contributed by atoms with E-state index in [2.05, 4.69) is 16.9 Å². The van der Waals surface area contributed by atoms with Crippen LogP contribution in [0.1, 0.15) is 23.1 Å². The Morgan fingerprint density at radius 3 is 2.79 bits per heavy atom.